The van der Waals surface area contributed by atoms with Gasteiger partial charge >= 0.3 is 0 Å². The molecule has 0 radical (unpaired) electrons. The van der Waals surface area contributed by atoms with Gasteiger partial charge in [-0.2, -0.15) is 0 Å². The van der Waals surface area contributed by atoms with Gasteiger partial charge in [-0.3, -0.25) is 4.79 Å². The minimum absolute atomic E-state index is 0.0651. The number of sulfonamides is 1. The Labute approximate surface area is 113 Å². The summed E-state index contributed by atoms with van der Waals surface area (Å²) in [4.78, 5) is 13.8. The first-order chi connectivity index (χ1) is 8.75. The van der Waals surface area contributed by atoms with Crippen LogP contribution in [0.1, 0.15) is 24.2 Å². The molecule has 0 spiro atoms. The Morgan fingerprint density at radius 2 is 2.05 bits per heavy atom. The lowest BCUT2D eigenvalue weighted by molar-refractivity contribution is 0.0778. The maximum atomic E-state index is 12.2. The normalized spacial score (nSPS) is 11.1. The van der Waals surface area contributed by atoms with E-state index in [1.54, 1.807) is 11.0 Å². The Hall–Kier alpha value is -1.66. The van der Waals surface area contributed by atoms with Crippen molar-refractivity contribution in [3.8, 4) is 0 Å². The van der Waals surface area contributed by atoms with E-state index in [9.17, 15) is 13.2 Å². The number of likely N-dealkylation sites (N-methyl/N-ethyl adjacent to an activating group) is 1. The number of benzene rings is 1. The minimum Gasteiger partial charge on any atom is -0.335 e. The van der Waals surface area contributed by atoms with Crippen LogP contribution in [0.5, 0.6) is 0 Å². The van der Waals surface area contributed by atoms with Crippen molar-refractivity contribution < 1.29 is 13.2 Å². The number of carbonyl (C=O) groups excluding carboxylic acids is 1. The lowest BCUT2D eigenvalue weighted by Crippen LogP contribution is -2.32. The lowest BCUT2D eigenvalue weighted by Gasteiger charge is -2.21. The molecule has 0 fully saturated rings. The van der Waals surface area contributed by atoms with Gasteiger partial charge < -0.3 is 4.90 Å². The van der Waals surface area contributed by atoms with E-state index < -0.39 is 10.0 Å². The zero-order chi connectivity index (χ0) is 14.6. The van der Waals surface area contributed by atoms with E-state index in [4.69, 9.17) is 5.14 Å². The van der Waals surface area contributed by atoms with E-state index in [-0.39, 0.29) is 10.8 Å². The van der Waals surface area contributed by atoms with Crippen molar-refractivity contribution in [3.63, 3.8) is 0 Å². The quantitative estimate of drug-likeness (QED) is 0.828. The topological polar surface area (TPSA) is 80.5 Å². The van der Waals surface area contributed by atoms with Gasteiger partial charge in [0, 0.05) is 18.7 Å². The van der Waals surface area contributed by atoms with E-state index in [2.05, 4.69) is 6.58 Å². The molecule has 1 rings (SSSR count). The van der Waals surface area contributed by atoms with Crippen LogP contribution in [-0.2, 0) is 10.0 Å². The molecular formula is C13H18N2O3S. The Morgan fingerprint density at radius 3 is 2.53 bits per heavy atom. The molecule has 0 aliphatic heterocycles. The number of amides is 1. The van der Waals surface area contributed by atoms with Crippen LogP contribution in [0.3, 0.4) is 0 Å². The third kappa shape index (κ3) is 4.18. The highest BCUT2D eigenvalue weighted by atomic mass is 32.2. The zero-order valence-electron chi connectivity index (χ0n) is 11.1. The standard InChI is InChI=1S/C13H18N2O3S/c1-4-15(9-10(2)3)13(16)11-6-5-7-12(8-11)19(14,17)18/h5-8H,2,4,9H2,1,3H3,(H2,14,17,18). The minimum atomic E-state index is -3.80. The first-order valence-electron chi connectivity index (χ1n) is 5.82. The second-order valence-electron chi connectivity index (χ2n) is 4.35. The molecule has 0 aliphatic rings. The predicted molar refractivity (Wildman–Crippen MR) is 74.2 cm³/mol. The summed E-state index contributed by atoms with van der Waals surface area (Å²) in [5, 5.41) is 5.05. The summed E-state index contributed by atoms with van der Waals surface area (Å²) < 4.78 is 22.5. The molecule has 0 bridgehead atoms. The van der Waals surface area contributed by atoms with Crippen LogP contribution in [0, 0.1) is 0 Å². The summed E-state index contributed by atoms with van der Waals surface area (Å²) in [6.45, 7) is 8.41. The molecule has 0 aromatic heterocycles. The van der Waals surface area contributed by atoms with Gasteiger partial charge in [0.2, 0.25) is 10.0 Å². The lowest BCUT2D eigenvalue weighted by atomic mass is 10.2. The van der Waals surface area contributed by atoms with Gasteiger partial charge in [0.15, 0.2) is 0 Å². The van der Waals surface area contributed by atoms with Crippen molar-refractivity contribution >= 4 is 15.9 Å². The van der Waals surface area contributed by atoms with Gasteiger partial charge in [0.25, 0.3) is 5.91 Å². The summed E-state index contributed by atoms with van der Waals surface area (Å²) in [7, 11) is -3.80. The number of nitrogens with zero attached hydrogens (tertiary/aromatic N) is 1. The monoisotopic (exact) mass is 282 g/mol. The van der Waals surface area contributed by atoms with Gasteiger partial charge in [-0.25, -0.2) is 13.6 Å². The highest BCUT2D eigenvalue weighted by Gasteiger charge is 2.16. The third-order valence-corrected chi connectivity index (χ3v) is 3.45. The zero-order valence-corrected chi connectivity index (χ0v) is 11.9. The molecule has 2 N–H and O–H groups in total. The third-order valence-electron chi connectivity index (χ3n) is 2.54. The second kappa shape index (κ2) is 5.99. The smallest absolute Gasteiger partial charge is 0.254 e. The Bertz CT molecular complexity index is 594. The van der Waals surface area contributed by atoms with Crippen LogP contribution in [0.4, 0.5) is 0 Å². The number of nitrogens with two attached hydrogens (primary N) is 1. The van der Waals surface area contributed by atoms with Gasteiger partial charge in [-0.05, 0) is 32.0 Å². The van der Waals surface area contributed by atoms with E-state index in [0.717, 1.165) is 5.57 Å². The predicted octanol–water partition coefficient (Wildman–Crippen LogP) is 1.37. The second-order valence-corrected chi connectivity index (χ2v) is 5.91. The first-order valence-corrected chi connectivity index (χ1v) is 7.37. The number of primary sulfonamides is 1. The van der Waals surface area contributed by atoms with Crippen molar-refractivity contribution in [2.45, 2.75) is 18.7 Å². The summed E-state index contributed by atoms with van der Waals surface area (Å²) in [6, 6.07) is 5.72. The number of hydrogen-bond donors (Lipinski definition) is 1. The van der Waals surface area contributed by atoms with Crippen molar-refractivity contribution in [1.29, 1.82) is 0 Å². The number of carbonyl (C=O) groups is 1. The molecule has 6 heteroatoms. The number of hydrogen-bond acceptors (Lipinski definition) is 3. The Kier molecular flexibility index (Phi) is 4.85. The van der Waals surface area contributed by atoms with Gasteiger partial charge in [0.05, 0.1) is 4.90 Å². The molecular weight excluding hydrogens is 264 g/mol. The molecule has 104 valence electrons. The maximum Gasteiger partial charge on any atom is 0.254 e. The molecule has 1 aromatic rings. The molecule has 0 unspecified atom stereocenters. The summed E-state index contributed by atoms with van der Waals surface area (Å²) in [5.41, 5.74) is 1.16. The van der Waals surface area contributed by atoms with Crippen LogP contribution in [0.2, 0.25) is 0 Å². The SMILES string of the molecule is C=C(C)CN(CC)C(=O)c1cccc(S(N)(=O)=O)c1. The molecule has 1 amide bonds. The van der Waals surface area contributed by atoms with Crippen LogP contribution in [0.15, 0.2) is 41.3 Å². The van der Waals surface area contributed by atoms with Crippen molar-refractivity contribution in [2.75, 3.05) is 13.1 Å². The van der Waals surface area contributed by atoms with Crippen molar-refractivity contribution in [1.82, 2.24) is 4.90 Å². The fraction of sp³-hybridized carbons (Fsp3) is 0.308. The van der Waals surface area contributed by atoms with Crippen LogP contribution in [0.25, 0.3) is 0 Å². The highest BCUT2D eigenvalue weighted by Crippen LogP contribution is 2.12. The fourth-order valence-electron chi connectivity index (χ4n) is 1.64. The number of rotatable bonds is 5. The highest BCUT2D eigenvalue weighted by molar-refractivity contribution is 7.89. The van der Waals surface area contributed by atoms with Crippen molar-refractivity contribution in [3.05, 3.63) is 42.0 Å². The van der Waals surface area contributed by atoms with E-state index in [1.165, 1.54) is 18.2 Å². The van der Waals surface area contributed by atoms with Crippen LogP contribution < -0.4 is 5.14 Å². The molecule has 19 heavy (non-hydrogen) atoms. The van der Waals surface area contributed by atoms with E-state index in [0.29, 0.717) is 18.7 Å². The summed E-state index contributed by atoms with van der Waals surface area (Å²) in [5.74, 6) is -0.240. The molecule has 0 saturated carbocycles. The molecule has 5 nitrogen and oxygen atoms in total. The van der Waals surface area contributed by atoms with Crippen molar-refractivity contribution in [2.24, 2.45) is 5.14 Å². The molecule has 0 aliphatic carbocycles. The molecule has 1 aromatic carbocycles. The van der Waals surface area contributed by atoms with Crippen LogP contribution in [-0.4, -0.2) is 32.3 Å². The van der Waals surface area contributed by atoms with Gasteiger partial charge in [-0.1, -0.05) is 18.2 Å². The Morgan fingerprint density at radius 1 is 1.42 bits per heavy atom. The molecule has 0 heterocycles. The summed E-state index contributed by atoms with van der Waals surface area (Å²) in [6.07, 6.45) is 0. The molecule has 0 saturated heterocycles. The Balaban J connectivity index is 3.09. The average Bonchev–Trinajstić information content (AvgIpc) is 2.34. The van der Waals surface area contributed by atoms with Gasteiger partial charge in [-0.15, -0.1) is 0 Å². The summed E-state index contributed by atoms with van der Waals surface area (Å²) >= 11 is 0. The fourth-order valence-corrected chi connectivity index (χ4v) is 2.20. The van der Waals surface area contributed by atoms with E-state index >= 15 is 0 Å². The first kappa shape index (κ1) is 15.4. The molecule has 0 atom stereocenters. The van der Waals surface area contributed by atoms with Gasteiger partial charge in [0.1, 0.15) is 0 Å². The van der Waals surface area contributed by atoms with Crippen LogP contribution >= 0.6 is 0 Å². The average molecular weight is 282 g/mol. The largest absolute Gasteiger partial charge is 0.335 e. The maximum absolute atomic E-state index is 12.2. The van der Waals surface area contributed by atoms with E-state index in [1.807, 2.05) is 13.8 Å².